The lowest BCUT2D eigenvalue weighted by Gasteiger charge is -2.14. The number of nitrogens with zero attached hydrogens (tertiary/aromatic N) is 1. The van der Waals surface area contributed by atoms with Crippen LogP contribution in [0.15, 0.2) is 65.5 Å². The van der Waals surface area contributed by atoms with E-state index in [0.717, 1.165) is 11.1 Å². The Kier molecular flexibility index (Phi) is 5.43. The second-order valence-electron chi connectivity index (χ2n) is 6.30. The van der Waals surface area contributed by atoms with Crippen LogP contribution in [0.5, 0.6) is 11.5 Å². The monoisotopic (exact) mass is 426 g/mol. The van der Waals surface area contributed by atoms with Gasteiger partial charge in [0, 0.05) is 11.1 Å². The molecule has 3 aromatic carbocycles. The molecule has 0 saturated carbocycles. The summed E-state index contributed by atoms with van der Waals surface area (Å²) < 4.78 is 11.3. The van der Waals surface area contributed by atoms with E-state index in [9.17, 15) is 4.79 Å². The minimum atomic E-state index is -0.193. The number of aromatic amines is 1. The first kappa shape index (κ1) is 19.3. The largest absolute Gasteiger partial charge is 0.496 e. The van der Waals surface area contributed by atoms with E-state index in [1.54, 1.807) is 43.5 Å². The number of aromatic nitrogens is 2. The zero-order valence-corrected chi connectivity index (χ0v) is 16.9. The number of hydrogen-bond donors (Lipinski definition) is 1. The fraction of sp³-hybridized carbons (Fsp3) is 0.0909. The van der Waals surface area contributed by atoms with E-state index in [1.165, 1.54) is 0 Å². The number of ether oxygens (including phenoxy) is 2. The van der Waals surface area contributed by atoms with Gasteiger partial charge in [-0.25, -0.2) is 4.98 Å². The molecular weight excluding hydrogens is 411 g/mol. The number of rotatable bonds is 5. The maximum atomic E-state index is 12.4. The number of fused-ring (bicyclic) bond motifs is 1. The molecule has 0 aliphatic heterocycles. The van der Waals surface area contributed by atoms with Gasteiger partial charge < -0.3 is 14.5 Å². The van der Waals surface area contributed by atoms with Gasteiger partial charge in [-0.1, -0.05) is 41.4 Å². The van der Waals surface area contributed by atoms with Gasteiger partial charge in [0.1, 0.15) is 18.2 Å². The molecule has 0 saturated heterocycles. The third kappa shape index (κ3) is 3.92. The van der Waals surface area contributed by atoms with Crippen LogP contribution >= 0.6 is 23.2 Å². The number of nitrogens with one attached hydrogen (secondary N) is 1. The van der Waals surface area contributed by atoms with Crippen LogP contribution in [-0.2, 0) is 6.61 Å². The van der Waals surface area contributed by atoms with Crippen molar-refractivity contribution in [2.24, 2.45) is 0 Å². The van der Waals surface area contributed by atoms with Crippen molar-refractivity contribution >= 4 is 34.1 Å². The maximum absolute atomic E-state index is 12.4. The van der Waals surface area contributed by atoms with Gasteiger partial charge in [-0.15, -0.1) is 0 Å². The molecule has 1 aromatic heterocycles. The molecule has 0 radical (unpaired) electrons. The average Bonchev–Trinajstić information content (AvgIpc) is 2.73. The summed E-state index contributed by atoms with van der Waals surface area (Å²) in [6.45, 7) is 0.179. The summed E-state index contributed by atoms with van der Waals surface area (Å²) in [7, 11) is 1.58. The van der Waals surface area contributed by atoms with E-state index >= 15 is 0 Å². The Hall–Kier alpha value is -3.02. The molecule has 0 aliphatic carbocycles. The lowest BCUT2D eigenvalue weighted by Crippen LogP contribution is -2.09. The highest BCUT2D eigenvalue weighted by atomic mass is 35.5. The summed E-state index contributed by atoms with van der Waals surface area (Å²) >= 11 is 12.4. The average molecular weight is 427 g/mol. The van der Waals surface area contributed by atoms with E-state index < -0.39 is 0 Å². The van der Waals surface area contributed by atoms with Gasteiger partial charge in [0.2, 0.25) is 0 Å². The summed E-state index contributed by atoms with van der Waals surface area (Å²) in [5.74, 6) is 1.51. The number of para-hydroxylation sites is 2. The van der Waals surface area contributed by atoms with Gasteiger partial charge in [0.25, 0.3) is 5.56 Å². The van der Waals surface area contributed by atoms with Crippen LogP contribution in [0.2, 0.25) is 10.0 Å². The minimum absolute atomic E-state index is 0.179. The van der Waals surface area contributed by atoms with Gasteiger partial charge >= 0.3 is 0 Å². The van der Waals surface area contributed by atoms with Crippen LogP contribution in [0, 0.1) is 0 Å². The highest BCUT2D eigenvalue weighted by molar-refractivity contribution is 6.37. The lowest BCUT2D eigenvalue weighted by molar-refractivity contribution is 0.297. The Bertz CT molecular complexity index is 1230. The van der Waals surface area contributed by atoms with E-state index in [4.69, 9.17) is 32.7 Å². The number of hydrogen-bond acceptors (Lipinski definition) is 4. The molecule has 0 aliphatic rings. The summed E-state index contributed by atoms with van der Waals surface area (Å²) in [5.41, 5.74) is 1.93. The van der Waals surface area contributed by atoms with Crippen molar-refractivity contribution in [3.63, 3.8) is 0 Å². The van der Waals surface area contributed by atoms with Crippen molar-refractivity contribution in [2.75, 3.05) is 7.11 Å². The molecule has 0 bridgehead atoms. The quantitative estimate of drug-likeness (QED) is 0.458. The molecule has 29 heavy (non-hydrogen) atoms. The van der Waals surface area contributed by atoms with Crippen molar-refractivity contribution < 1.29 is 9.47 Å². The predicted molar refractivity (Wildman–Crippen MR) is 115 cm³/mol. The molecule has 0 amide bonds. The van der Waals surface area contributed by atoms with E-state index in [2.05, 4.69) is 9.97 Å². The molecule has 1 N–H and O–H groups in total. The van der Waals surface area contributed by atoms with Crippen molar-refractivity contribution in [3.05, 3.63) is 86.6 Å². The fourth-order valence-electron chi connectivity index (χ4n) is 3.03. The van der Waals surface area contributed by atoms with Gasteiger partial charge in [-0.3, -0.25) is 4.79 Å². The normalized spacial score (nSPS) is 10.9. The standard InChI is InChI=1S/C22H16Cl2N2O3/c1-28-19-10-9-13(21-25-18-8-3-2-5-15(18)22(27)26-21)11-14(19)12-29-20-16(23)6-4-7-17(20)24/h2-11H,12H2,1H3,(H,25,26,27). The molecule has 7 heteroatoms. The molecule has 146 valence electrons. The maximum Gasteiger partial charge on any atom is 0.259 e. The number of benzene rings is 3. The number of H-pyrrole nitrogens is 1. The molecular formula is C22H16Cl2N2O3. The number of methoxy groups -OCH3 is 1. The van der Waals surface area contributed by atoms with Gasteiger partial charge in [0.15, 0.2) is 5.75 Å². The molecule has 0 unspecified atom stereocenters. The van der Waals surface area contributed by atoms with Crippen molar-refractivity contribution in [3.8, 4) is 22.9 Å². The summed E-state index contributed by atoms with van der Waals surface area (Å²) in [6, 6.07) is 17.9. The van der Waals surface area contributed by atoms with Crippen LogP contribution in [0.25, 0.3) is 22.3 Å². The second-order valence-corrected chi connectivity index (χ2v) is 7.11. The SMILES string of the molecule is COc1ccc(-c2nc3ccccc3c(=O)[nH]2)cc1COc1c(Cl)cccc1Cl. The minimum Gasteiger partial charge on any atom is -0.496 e. The first-order valence-electron chi connectivity index (χ1n) is 8.80. The van der Waals surface area contributed by atoms with E-state index in [0.29, 0.717) is 38.3 Å². The fourth-order valence-corrected chi connectivity index (χ4v) is 3.54. The Labute approximate surface area is 176 Å². The Morgan fingerprint density at radius 1 is 1.00 bits per heavy atom. The second kappa shape index (κ2) is 8.15. The van der Waals surface area contributed by atoms with Crippen LogP contribution in [0.1, 0.15) is 5.56 Å². The van der Waals surface area contributed by atoms with Crippen LogP contribution < -0.4 is 15.0 Å². The van der Waals surface area contributed by atoms with Crippen molar-refractivity contribution in [1.29, 1.82) is 0 Å². The predicted octanol–water partition coefficient (Wildman–Crippen LogP) is 5.48. The van der Waals surface area contributed by atoms with Gasteiger partial charge in [-0.2, -0.15) is 0 Å². The smallest absolute Gasteiger partial charge is 0.259 e. The van der Waals surface area contributed by atoms with Crippen LogP contribution in [-0.4, -0.2) is 17.1 Å². The van der Waals surface area contributed by atoms with Gasteiger partial charge in [-0.05, 0) is 42.5 Å². The summed E-state index contributed by atoms with van der Waals surface area (Å²) in [4.78, 5) is 19.8. The Morgan fingerprint density at radius 3 is 2.52 bits per heavy atom. The Morgan fingerprint density at radius 2 is 1.76 bits per heavy atom. The summed E-state index contributed by atoms with van der Waals surface area (Å²) in [5, 5.41) is 1.39. The highest BCUT2D eigenvalue weighted by Crippen LogP contribution is 2.34. The molecule has 0 spiro atoms. The van der Waals surface area contributed by atoms with E-state index in [-0.39, 0.29) is 12.2 Å². The third-order valence-electron chi connectivity index (χ3n) is 4.46. The Balaban J connectivity index is 1.71. The van der Waals surface area contributed by atoms with Crippen LogP contribution in [0.4, 0.5) is 0 Å². The zero-order valence-electron chi connectivity index (χ0n) is 15.4. The lowest BCUT2D eigenvalue weighted by atomic mass is 10.1. The topological polar surface area (TPSA) is 64.2 Å². The van der Waals surface area contributed by atoms with Gasteiger partial charge in [0.05, 0.1) is 28.1 Å². The van der Waals surface area contributed by atoms with Crippen molar-refractivity contribution in [1.82, 2.24) is 9.97 Å². The first-order valence-corrected chi connectivity index (χ1v) is 9.55. The first-order chi connectivity index (χ1) is 14.1. The number of halogens is 2. The van der Waals surface area contributed by atoms with Crippen molar-refractivity contribution in [2.45, 2.75) is 6.61 Å². The zero-order chi connectivity index (χ0) is 20.4. The molecule has 5 nitrogen and oxygen atoms in total. The molecule has 1 heterocycles. The van der Waals surface area contributed by atoms with Crippen LogP contribution in [0.3, 0.4) is 0 Å². The molecule has 4 rings (SSSR count). The molecule has 4 aromatic rings. The highest BCUT2D eigenvalue weighted by Gasteiger charge is 2.12. The summed E-state index contributed by atoms with van der Waals surface area (Å²) in [6.07, 6.45) is 0. The van der Waals surface area contributed by atoms with E-state index in [1.807, 2.05) is 24.3 Å². The molecule has 0 atom stereocenters. The molecule has 0 fully saturated rings. The third-order valence-corrected chi connectivity index (χ3v) is 5.05.